The normalized spacial score (nSPS) is 16.6. The first-order valence-electron chi connectivity index (χ1n) is 8.79. The van der Waals surface area contributed by atoms with Gasteiger partial charge in [-0.25, -0.2) is 16.8 Å². The molecule has 2 rings (SSSR count). The summed E-state index contributed by atoms with van der Waals surface area (Å²) >= 11 is 0. The number of carbonyl (C=O) groups excluding carboxylic acids is 1. The lowest BCUT2D eigenvalue weighted by Gasteiger charge is -2.34. The number of nitrogens with zero attached hydrogens (tertiary/aromatic N) is 2. The van der Waals surface area contributed by atoms with Gasteiger partial charge in [0.15, 0.2) is 9.84 Å². The standard InChI is InChI=1S/C17H26N2O5S2/c1-2-3-7-14-25(21,22)15-17(20)18-10-12-19(13-11-18)26(23,24)16-8-5-4-6-9-16/h4-6,8-9H,2-3,7,10-15H2,1H3. The molecule has 0 unspecified atom stereocenters. The molecular weight excluding hydrogens is 376 g/mol. The topological polar surface area (TPSA) is 91.8 Å². The number of sulfonamides is 1. The Morgan fingerprint density at radius 3 is 2.15 bits per heavy atom. The minimum atomic E-state index is -3.58. The number of hydrogen-bond donors (Lipinski definition) is 0. The van der Waals surface area contributed by atoms with Gasteiger partial charge in [0.2, 0.25) is 15.9 Å². The Balaban J connectivity index is 1.91. The molecule has 0 bridgehead atoms. The van der Waals surface area contributed by atoms with Crippen LogP contribution in [0.3, 0.4) is 0 Å². The number of sulfone groups is 1. The van der Waals surface area contributed by atoms with Crippen LogP contribution in [-0.2, 0) is 24.7 Å². The fourth-order valence-electron chi connectivity index (χ4n) is 2.84. The van der Waals surface area contributed by atoms with E-state index in [0.29, 0.717) is 6.42 Å². The highest BCUT2D eigenvalue weighted by molar-refractivity contribution is 7.92. The second kappa shape index (κ2) is 8.96. The van der Waals surface area contributed by atoms with E-state index in [1.807, 2.05) is 6.92 Å². The first-order valence-corrected chi connectivity index (χ1v) is 12.1. The van der Waals surface area contributed by atoms with Crippen molar-refractivity contribution < 1.29 is 21.6 Å². The van der Waals surface area contributed by atoms with Gasteiger partial charge in [-0.15, -0.1) is 0 Å². The van der Waals surface area contributed by atoms with Crippen LogP contribution in [0.15, 0.2) is 35.2 Å². The molecule has 1 aliphatic rings. The van der Waals surface area contributed by atoms with Crippen molar-refractivity contribution in [1.82, 2.24) is 9.21 Å². The van der Waals surface area contributed by atoms with E-state index >= 15 is 0 Å². The Morgan fingerprint density at radius 2 is 1.58 bits per heavy atom. The molecule has 7 nitrogen and oxygen atoms in total. The Labute approximate surface area is 156 Å². The first kappa shape index (κ1) is 20.9. The molecule has 26 heavy (non-hydrogen) atoms. The maximum Gasteiger partial charge on any atom is 0.243 e. The predicted molar refractivity (Wildman–Crippen MR) is 100.0 cm³/mol. The van der Waals surface area contributed by atoms with Crippen LogP contribution in [-0.4, -0.2) is 69.6 Å². The molecule has 0 aliphatic carbocycles. The smallest absolute Gasteiger partial charge is 0.243 e. The number of carbonyl (C=O) groups is 1. The minimum Gasteiger partial charge on any atom is -0.339 e. The largest absolute Gasteiger partial charge is 0.339 e. The van der Waals surface area contributed by atoms with Crippen LogP contribution in [0.1, 0.15) is 26.2 Å². The summed E-state index contributed by atoms with van der Waals surface area (Å²) in [5, 5.41) is 0. The highest BCUT2D eigenvalue weighted by Gasteiger charge is 2.31. The zero-order chi connectivity index (χ0) is 19.2. The molecule has 0 saturated carbocycles. The van der Waals surface area contributed by atoms with E-state index in [-0.39, 0.29) is 36.8 Å². The number of piperazine rings is 1. The van der Waals surface area contributed by atoms with E-state index in [4.69, 9.17) is 0 Å². The summed E-state index contributed by atoms with van der Waals surface area (Å²) in [6.45, 7) is 2.73. The van der Waals surface area contributed by atoms with E-state index in [1.54, 1.807) is 18.2 Å². The second-order valence-corrected chi connectivity index (χ2v) is 10.5. The molecule has 146 valence electrons. The van der Waals surface area contributed by atoms with Crippen molar-refractivity contribution in [3.05, 3.63) is 30.3 Å². The molecule has 1 amide bonds. The lowest BCUT2D eigenvalue weighted by Crippen LogP contribution is -2.51. The number of unbranched alkanes of at least 4 members (excludes halogenated alkanes) is 2. The van der Waals surface area contributed by atoms with E-state index in [1.165, 1.54) is 21.3 Å². The van der Waals surface area contributed by atoms with E-state index < -0.39 is 31.5 Å². The van der Waals surface area contributed by atoms with Crippen LogP contribution in [0.2, 0.25) is 0 Å². The number of amides is 1. The fraction of sp³-hybridized carbons (Fsp3) is 0.588. The summed E-state index contributed by atoms with van der Waals surface area (Å²) < 4.78 is 50.5. The van der Waals surface area contributed by atoms with Crippen molar-refractivity contribution in [2.75, 3.05) is 37.7 Å². The Kier molecular flexibility index (Phi) is 7.19. The molecule has 1 aliphatic heterocycles. The van der Waals surface area contributed by atoms with Gasteiger partial charge in [0, 0.05) is 26.2 Å². The first-order chi connectivity index (χ1) is 12.3. The van der Waals surface area contributed by atoms with Gasteiger partial charge in [0.25, 0.3) is 0 Å². The van der Waals surface area contributed by atoms with Crippen molar-refractivity contribution in [3.8, 4) is 0 Å². The van der Waals surface area contributed by atoms with Gasteiger partial charge in [-0.2, -0.15) is 4.31 Å². The summed E-state index contributed by atoms with van der Waals surface area (Å²) in [7, 11) is -6.99. The molecule has 0 spiro atoms. The average Bonchev–Trinajstić information content (AvgIpc) is 2.62. The molecule has 1 fully saturated rings. The summed E-state index contributed by atoms with van der Waals surface area (Å²) in [6, 6.07) is 8.15. The Hall–Kier alpha value is -1.45. The van der Waals surface area contributed by atoms with Crippen molar-refractivity contribution in [3.63, 3.8) is 0 Å². The number of benzene rings is 1. The zero-order valence-electron chi connectivity index (χ0n) is 15.0. The van der Waals surface area contributed by atoms with Crippen LogP contribution < -0.4 is 0 Å². The Morgan fingerprint density at radius 1 is 0.962 bits per heavy atom. The predicted octanol–water partition coefficient (Wildman–Crippen LogP) is 1.12. The van der Waals surface area contributed by atoms with Crippen LogP contribution in [0, 0.1) is 0 Å². The van der Waals surface area contributed by atoms with Crippen LogP contribution in [0.4, 0.5) is 0 Å². The van der Waals surface area contributed by atoms with Gasteiger partial charge in [-0.1, -0.05) is 38.0 Å². The van der Waals surface area contributed by atoms with Gasteiger partial charge >= 0.3 is 0 Å². The average molecular weight is 403 g/mol. The monoisotopic (exact) mass is 402 g/mol. The van der Waals surface area contributed by atoms with E-state index in [0.717, 1.165) is 12.8 Å². The van der Waals surface area contributed by atoms with Crippen LogP contribution in [0.5, 0.6) is 0 Å². The van der Waals surface area contributed by atoms with Gasteiger partial charge in [-0.3, -0.25) is 4.79 Å². The maximum atomic E-state index is 12.6. The van der Waals surface area contributed by atoms with Crippen molar-refractivity contribution in [2.45, 2.75) is 31.1 Å². The maximum absolute atomic E-state index is 12.6. The van der Waals surface area contributed by atoms with Gasteiger partial charge in [0.05, 0.1) is 10.6 Å². The lowest BCUT2D eigenvalue weighted by atomic mass is 10.3. The number of rotatable bonds is 8. The molecule has 1 aromatic rings. The minimum absolute atomic E-state index is 0.0227. The third-order valence-corrected chi connectivity index (χ3v) is 7.88. The van der Waals surface area contributed by atoms with E-state index in [9.17, 15) is 21.6 Å². The van der Waals surface area contributed by atoms with E-state index in [2.05, 4.69) is 0 Å². The molecule has 1 aromatic carbocycles. The fourth-order valence-corrected chi connectivity index (χ4v) is 5.63. The zero-order valence-corrected chi connectivity index (χ0v) is 16.6. The van der Waals surface area contributed by atoms with Crippen molar-refractivity contribution >= 4 is 25.8 Å². The SMILES string of the molecule is CCCCCS(=O)(=O)CC(=O)N1CCN(S(=O)(=O)c2ccccc2)CC1. The lowest BCUT2D eigenvalue weighted by molar-refractivity contribution is -0.129. The molecule has 0 N–H and O–H groups in total. The molecule has 0 radical (unpaired) electrons. The van der Waals surface area contributed by atoms with Gasteiger partial charge in [0.1, 0.15) is 5.75 Å². The van der Waals surface area contributed by atoms with Crippen LogP contribution >= 0.6 is 0 Å². The molecule has 0 atom stereocenters. The van der Waals surface area contributed by atoms with Gasteiger partial charge < -0.3 is 4.90 Å². The van der Waals surface area contributed by atoms with Gasteiger partial charge in [-0.05, 0) is 18.6 Å². The van der Waals surface area contributed by atoms with Crippen molar-refractivity contribution in [2.24, 2.45) is 0 Å². The summed E-state index contributed by atoms with van der Waals surface area (Å²) in [5.41, 5.74) is 0. The quantitative estimate of drug-likeness (QED) is 0.608. The van der Waals surface area contributed by atoms with Crippen LogP contribution in [0.25, 0.3) is 0 Å². The highest BCUT2D eigenvalue weighted by atomic mass is 32.2. The summed E-state index contributed by atoms with van der Waals surface area (Å²) in [6.07, 6.45) is 2.31. The molecule has 0 aromatic heterocycles. The summed E-state index contributed by atoms with van der Waals surface area (Å²) in [5.74, 6) is -0.921. The molecule has 1 heterocycles. The van der Waals surface area contributed by atoms with Crippen molar-refractivity contribution in [1.29, 1.82) is 0 Å². The molecule has 1 saturated heterocycles. The second-order valence-electron chi connectivity index (χ2n) is 6.40. The third kappa shape index (κ3) is 5.52. The highest BCUT2D eigenvalue weighted by Crippen LogP contribution is 2.17. The summed E-state index contributed by atoms with van der Waals surface area (Å²) in [4.78, 5) is 13.9. The molecule has 9 heteroatoms. The third-order valence-electron chi connectivity index (χ3n) is 4.37. The molecular formula is C17H26N2O5S2. The Bertz CT molecular complexity index is 799. The number of hydrogen-bond acceptors (Lipinski definition) is 5.